The summed E-state index contributed by atoms with van der Waals surface area (Å²) in [5, 5.41) is 0. The maximum Gasteiger partial charge on any atom is 0.323 e. The summed E-state index contributed by atoms with van der Waals surface area (Å²) in [6.45, 7) is 5.49. The van der Waals surface area contributed by atoms with Crippen molar-refractivity contribution in [3.63, 3.8) is 0 Å². The third kappa shape index (κ3) is 3.38. The van der Waals surface area contributed by atoms with Crippen molar-refractivity contribution in [2.75, 3.05) is 24.5 Å². The average Bonchev–Trinajstić information content (AvgIpc) is 2.99. The van der Waals surface area contributed by atoms with Gasteiger partial charge in [-0.05, 0) is 59.6 Å². The molecule has 0 spiro atoms. The summed E-state index contributed by atoms with van der Waals surface area (Å²) in [6, 6.07) is 11.4. The minimum atomic E-state index is -3.70. The molecule has 9 heteroatoms. The lowest BCUT2D eigenvalue weighted by molar-refractivity contribution is 0.342. The Balaban J connectivity index is 1.63. The van der Waals surface area contributed by atoms with Crippen LogP contribution in [0.15, 0.2) is 50.6 Å². The SMILES string of the molecule is Cc1cccc(N2CCN(S(=O)(=O)c3cc4[nH]c(=O)[nH]c4cc3Br)C[C@@H]2C)c1. The fourth-order valence-corrected chi connectivity index (χ4v) is 6.25. The molecule has 1 aromatic heterocycles. The van der Waals surface area contributed by atoms with E-state index < -0.39 is 10.0 Å². The molecular formula is C19H21BrN4O3S. The van der Waals surface area contributed by atoms with Gasteiger partial charge in [0.1, 0.15) is 0 Å². The molecule has 0 unspecified atom stereocenters. The Morgan fingerprint density at radius 3 is 2.50 bits per heavy atom. The fraction of sp³-hybridized carbons (Fsp3) is 0.316. The second kappa shape index (κ2) is 7.06. The molecule has 1 fully saturated rings. The number of halogens is 1. The summed E-state index contributed by atoms with van der Waals surface area (Å²) in [4.78, 5) is 19.2. The lowest BCUT2D eigenvalue weighted by Crippen LogP contribution is -2.53. The summed E-state index contributed by atoms with van der Waals surface area (Å²) in [7, 11) is -3.70. The molecule has 0 amide bonds. The number of sulfonamides is 1. The fourth-order valence-electron chi connectivity index (χ4n) is 3.71. The molecule has 0 bridgehead atoms. The van der Waals surface area contributed by atoms with Crippen molar-refractivity contribution in [2.45, 2.75) is 24.8 Å². The number of hydrogen-bond donors (Lipinski definition) is 2. The topological polar surface area (TPSA) is 89.3 Å². The molecule has 1 atom stereocenters. The standard InChI is InChI=1S/C19H21BrN4O3S/c1-12-4-3-5-14(8-12)24-7-6-23(11-13(24)2)28(26,27)18-10-17-16(9-15(18)20)21-19(25)22-17/h3-5,8-10,13H,6-7,11H2,1-2H3,(H2,21,22,25)/t13-/m0/s1. The summed E-state index contributed by atoms with van der Waals surface area (Å²) < 4.78 is 28.5. The molecule has 2 N–H and O–H groups in total. The molecule has 1 aliphatic heterocycles. The van der Waals surface area contributed by atoms with E-state index in [4.69, 9.17) is 0 Å². The van der Waals surface area contributed by atoms with E-state index >= 15 is 0 Å². The molecule has 2 aromatic carbocycles. The highest BCUT2D eigenvalue weighted by molar-refractivity contribution is 9.10. The normalized spacial score (nSPS) is 18.7. The minimum absolute atomic E-state index is 0.0416. The number of piperazine rings is 1. The average molecular weight is 465 g/mol. The predicted molar refractivity (Wildman–Crippen MR) is 113 cm³/mol. The monoisotopic (exact) mass is 464 g/mol. The maximum absolute atomic E-state index is 13.3. The number of aryl methyl sites for hydroxylation is 1. The first-order chi connectivity index (χ1) is 13.3. The van der Waals surface area contributed by atoms with E-state index in [1.165, 1.54) is 15.9 Å². The lowest BCUT2D eigenvalue weighted by Gasteiger charge is -2.40. The number of nitrogens with zero attached hydrogens (tertiary/aromatic N) is 2. The zero-order chi connectivity index (χ0) is 20.1. The van der Waals surface area contributed by atoms with Crippen LogP contribution in [0.4, 0.5) is 5.69 Å². The molecule has 3 aromatic rings. The zero-order valence-electron chi connectivity index (χ0n) is 15.6. The van der Waals surface area contributed by atoms with Crippen molar-refractivity contribution in [1.29, 1.82) is 0 Å². The van der Waals surface area contributed by atoms with Crippen LogP contribution in [-0.4, -0.2) is 48.4 Å². The van der Waals surface area contributed by atoms with E-state index in [9.17, 15) is 13.2 Å². The van der Waals surface area contributed by atoms with Crippen molar-refractivity contribution in [1.82, 2.24) is 14.3 Å². The summed E-state index contributed by atoms with van der Waals surface area (Å²) in [5.74, 6) is 0. The van der Waals surface area contributed by atoms with E-state index in [2.05, 4.69) is 42.9 Å². The number of hydrogen-bond acceptors (Lipinski definition) is 4. The Kier molecular flexibility index (Phi) is 4.84. The molecule has 1 aliphatic rings. The Morgan fingerprint density at radius 1 is 1.11 bits per heavy atom. The quantitative estimate of drug-likeness (QED) is 0.623. The summed E-state index contributed by atoms with van der Waals surface area (Å²) >= 11 is 3.35. The van der Waals surface area contributed by atoms with Crippen LogP contribution in [0.3, 0.4) is 0 Å². The molecule has 0 saturated carbocycles. The van der Waals surface area contributed by atoms with Gasteiger partial charge in [0.15, 0.2) is 0 Å². The molecule has 1 saturated heterocycles. The minimum Gasteiger partial charge on any atom is -0.366 e. The Bertz CT molecular complexity index is 1200. The van der Waals surface area contributed by atoms with Crippen LogP contribution in [0.5, 0.6) is 0 Å². The van der Waals surface area contributed by atoms with Gasteiger partial charge in [0.05, 0.1) is 15.9 Å². The predicted octanol–water partition coefficient (Wildman–Crippen LogP) is 2.83. The van der Waals surface area contributed by atoms with E-state index in [0.717, 1.165) is 5.69 Å². The number of H-pyrrole nitrogens is 2. The second-order valence-corrected chi connectivity index (χ2v) is 9.91. The zero-order valence-corrected chi connectivity index (χ0v) is 18.0. The van der Waals surface area contributed by atoms with Crippen molar-refractivity contribution in [3.8, 4) is 0 Å². The van der Waals surface area contributed by atoms with Gasteiger partial charge in [-0.3, -0.25) is 0 Å². The van der Waals surface area contributed by atoms with Crippen LogP contribution >= 0.6 is 15.9 Å². The molecule has 0 radical (unpaired) electrons. The largest absolute Gasteiger partial charge is 0.366 e. The van der Waals surface area contributed by atoms with Crippen LogP contribution in [0, 0.1) is 6.92 Å². The number of aromatic nitrogens is 2. The first kappa shape index (κ1) is 19.2. The third-order valence-corrected chi connectivity index (χ3v) is 7.93. The lowest BCUT2D eigenvalue weighted by atomic mass is 10.1. The third-order valence-electron chi connectivity index (χ3n) is 5.11. The number of aromatic amines is 2. The van der Waals surface area contributed by atoms with Gasteiger partial charge in [-0.15, -0.1) is 0 Å². The van der Waals surface area contributed by atoms with Crippen LogP contribution in [0.2, 0.25) is 0 Å². The van der Waals surface area contributed by atoms with Gasteiger partial charge in [0.2, 0.25) is 10.0 Å². The van der Waals surface area contributed by atoms with Gasteiger partial charge in [-0.25, -0.2) is 13.2 Å². The Hall–Kier alpha value is -2.10. The van der Waals surface area contributed by atoms with Crippen LogP contribution in [0.1, 0.15) is 12.5 Å². The number of imidazole rings is 1. The van der Waals surface area contributed by atoms with Crippen LogP contribution in [0.25, 0.3) is 11.0 Å². The van der Waals surface area contributed by atoms with Gasteiger partial charge in [0, 0.05) is 35.8 Å². The molecule has 28 heavy (non-hydrogen) atoms. The van der Waals surface area contributed by atoms with E-state index in [1.807, 2.05) is 26.0 Å². The Labute approximate surface area is 171 Å². The number of benzene rings is 2. The van der Waals surface area contributed by atoms with Crippen molar-refractivity contribution < 1.29 is 8.42 Å². The van der Waals surface area contributed by atoms with Gasteiger partial charge in [0.25, 0.3) is 0 Å². The van der Waals surface area contributed by atoms with Gasteiger partial charge >= 0.3 is 5.69 Å². The first-order valence-electron chi connectivity index (χ1n) is 9.01. The smallest absolute Gasteiger partial charge is 0.323 e. The van der Waals surface area contributed by atoms with Crippen molar-refractivity contribution in [3.05, 3.63) is 56.9 Å². The number of anilines is 1. The molecular weight excluding hydrogens is 444 g/mol. The highest BCUT2D eigenvalue weighted by Crippen LogP contribution is 2.30. The number of nitrogens with one attached hydrogen (secondary N) is 2. The van der Waals surface area contributed by atoms with Gasteiger partial charge < -0.3 is 14.9 Å². The highest BCUT2D eigenvalue weighted by Gasteiger charge is 2.33. The van der Waals surface area contributed by atoms with Gasteiger partial charge in [-0.1, -0.05) is 12.1 Å². The molecule has 7 nitrogen and oxygen atoms in total. The maximum atomic E-state index is 13.3. The second-order valence-electron chi connectivity index (χ2n) is 7.15. The molecule has 148 valence electrons. The van der Waals surface area contributed by atoms with E-state index in [0.29, 0.717) is 35.1 Å². The molecule has 4 rings (SSSR count). The molecule has 2 heterocycles. The van der Waals surface area contributed by atoms with E-state index in [1.54, 1.807) is 6.07 Å². The number of rotatable bonds is 3. The number of fused-ring (bicyclic) bond motifs is 1. The molecule has 0 aliphatic carbocycles. The highest BCUT2D eigenvalue weighted by atomic mass is 79.9. The van der Waals surface area contributed by atoms with Gasteiger partial charge in [-0.2, -0.15) is 4.31 Å². The van der Waals surface area contributed by atoms with Crippen LogP contribution < -0.4 is 10.6 Å². The summed E-state index contributed by atoms with van der Waals surface area (Å²) in [5.41, 5.74) is 2.96. The Morgan fingerprint density at radius 2 is 1.82 bits per heavy atom. The van der Waals surface area contributed by atoms with Crippen molar-refractivity contribution >= 4 is 42.7 Å². The van der Waals surface area contributed by atoms with Crippen LogP contribution in [-0.2, 0) is 10.0 Å². The van der Waals surface area contributed by atoms with Crippen molar-refractivity contribution in [2.24, 2.45) is 0 Å². The van der Waals surface area contributed by atoms with E-state index in [-0.39, 0.29) is 16.6 Å². The summed E-state index contributed by atoms with van der Waals surface area (Å²) in [6.07, 6.45) is 0. The first-order valence-corrected chi connectivity index (χ1v) is 11.2.